The fraction of sp³-hybridized carbons (Fsp3) is 0.263. The zero-order chi connectivity index (χ0) is 20.4. The minimum Gasteiger partial charge on any atom is -0.462 e. The van der Waals surface area contributed by atoms with E-state index in [1.807, 2.05) is 38.1 Å². The first-order chi connectivity index (χ1) is 14.1. The minimum absolute atomic E-state index is 0.127. The molecule has 3 heterocycles. The number of ether oxygens (including phenoxy) is 1. The Labute approximate surface area is 166 Å². The molecule has 0 saturated carbocycles. The number of nitrogens with one attached hydrogen (secondary N) is 1. The maximum Gasteiger partial charge on any atom is 0.340 e. The quantitative estimate of drug-likeness (QED) is 0.499. The van der Waals surface area contributed by atoms with Gasteiger partial charge in [0.25, 0.3) is 0 Å². The summed E-state index contributed by atoms with van der Waals surface area (Å²) in [5.74, 6) is 0.602. The lowest BCUT2D eigenvalue weighted by atomic mass is 10.2. The maximum atomic E-state index is 12.3. The second kappa shape index (κ2) is 7.66. The first-order valence-electron chi connectivity index (χ1n) is 9.23. The number of carbonyl (C=O) groups excluding carboxylic acids is 1. The molecule has 4 rings (SSSR count). The second-order valence-corrected chi connectivity index (χ2v) is 6.58. The average Bonchev–Trinajstić information content (AvgIpc) is 3.37. The molecule has 0 atom stereocenters. The lowest BCUT2D eigenvalue weighted by molar-refractivity contribution is 0.0529. The highest BCUT2D eigenvalue weighted by molar-refractivity contribution is 6.00. The molecule has 0 saturated heterocycles. The van der Waals surface area contributed by atoms with Crippen molar-refractivity contribution in [3.05, 3.63) is 48.4 Å². The van der Waals surface area contributed by atoms with E-state index in [0.29, 0.717) is 29.3 Å². The van der Waals surface area contributed by atoms with Crippen molar-refractivity contribution in [1.82, 2.24) is 34.8 Å². The Hall–Kier alpha value is -3.82. The maximum absolute atomic E-state index is 12.3. The third-order valence-electron chi connectivity index (χ3n) is 4.22. The number of benzene rings is 1. The third kappa shape index (κ3) is 3.64. The molecule has 0 amide bonds. The highest BCUT2D eigenvalue weighted by Crippen LogP contribution is 2.26. The van der Waals surface area contributed by atoms with Gasteiger partial charge in [-0.2, -0.15) is 9.90 Å². The molecule has 1 aromatic carbocycles. The highest BCUT2D eigenvalue weighted by Gasteiger charge is 2.17. The van der Waals surface area contributed by atoms with Crippen molar-refractivity contribution in [2.75, 3.05) is 11.9 Å². The Morgan fingerprint density at radius 2 is 2.14 bits per heavy atom. The summed E-state index contributed by atoms with van der Waals surface area (Å²) in [5.41, 5.74) is 2.51. The van der Waals surface area contributed by atoms with Crippen LogP contribution in [0.5, 0.6) is 0 Å². The van der Waals surface area contributed by atoms with Gasteiger partial charge in [0.2, 0.25) is 5.82 Å². The predicted molar refractivity (Wildman–Crippen MR) is 106 cm³/mol. The van der Waals surface area contributed by atoms with E-state index in [1.54, 1.807) is 28.5 Å². The molecule has 10 nitrogen and oxygen atoms in total. The number of nitrogens with zero attached hydrogens (tertiary/aromatic N) is 7. The number of hydrogen-bond acceptors (Lipinski definition) is 8. The molecule has 29 heavy (non-hydrogen) atoms. The Balaban J connectivity index is 1.68. The number of tetrazole rings is 1. The number of hydrogen-bond donors (Lipinski definition) is 1. The molecule has 0 aliphatic rings. The summed E-state index contributed by atoms with van der Waals surface area (Å²) in [6.07, 6.45) is 3.11. The fourth-order valence-corrected chi connectivity index (χ4v) is 2.85. The molecule has 0 bridgehead atoms. The van der Waals surface area contributed by atoms with Crippen LogP contribution in [0, 0.1) is 0 Å². The van der Waals surface area contributed by atoms with E-state index >= 15 is 0 Å². The fourth-order valence-electron chi connectivity index (χ4n) is 2.85. The van der Waals surface area contributed by atoms with Gasteiger partial charge < -0.3 is 10.1 Å². The molecule has 0 fully saturated rings. The summed E-state index contributed by atoms with van der Waals surface area (Å²) < 4.78 is 6.72. The van der Waals surface area contributed by atoms with Gasteiger partial charge in [-0.3, -0.25) is 0 Å². The van der Waals surface area contributed by atoms with Crippen molar-refractivity contribution in [3.8, 4) is 11.4 Å². The largest absolute Gasteiger partial charge is 0.462 e. The SMILES string of the molecule is CCOC(=O)c1ccn2ncnc(Nc3cccc(-c4nnn(C(C)C)n4)c3)c12. The van der Waals surface area contributed by atoms with Crippen LogP contribution in [0.25, 0.3) is 16.9 Å². The van der Waals surface area contributed by atoms with Crippen molar-refractivity contribution in [2.24, 2.45) is 0 Å². The number of aromatic nitrogens is 7. The predicted octanol–water partition coefficient (Wildman–Crippen LogP) is 2.88. The van der Waals surface area contributed by atoms with Crippen LogP contribution in [0.3, 0.4) is 0 Å². The molecule has 148 valence electrons. The van der Waals surface area contributed by atoms with Crippen LogP contribution >= 0.6 is 0 Å². The lowest BCUT2D eigenvalue weighted by Gasteiger charge is -2.09. The van der Waals surface area contributed by atoms with Crippen molar-refractivity contribution in [1.29, 1.82) is 0 Å². The van der Waals surface area contributed by atoms with E-state index in [4.69, 9.17) is 4.74 Å². The standard InChI is InChI=1S/C19H20N8O2/c1-4-29-19(28)15-8-9-26-16(15)18(20-11-21-26)22-14-7-5-6-13(10-14)17-23-25-27(24-17)12(2)3/h5-12H,4H2,1-3H3,(H,20,21,22). The number of carbonyl (C=O) groups is 1. The molecule has 10 heteroatoms. The molecule has 0 unspecified atom stereocenters. The normalized spacial score (nSPS) is 11.2. The molecular formula is C19H20N8O2. The van der Waals surface area contributed by atoms with E-state index in [-0.39, 0.29) is 6.04 Å². The Morgan fingerprint density at radius 1 is 1.28 bits per heavy atom. The molecule has 3 aromatic heterocycles. The van der Waals surface area contributed by atoms with Gasteiger partial charge in [0.05, 0.1) is 18.2 Å². The molecule has 0 aliphatic carbocycles. The van der Waals surface area contributed by atoms with E-state index in [2.05, 4.69) is 30.8 Å². The van der Waals surface area contributed by atoms with Crippen LogP contribution in [0.2, 0.25) is 0 Å². The van der Waals surface area contributed by atoms with Crippen molar-refractivity contribution < 1.29 is 9.53 Å². The minimum atomic E-state index is -0.420. The van der Waals surface area contributed by atoms with Gasteiger partial charge in [0.15, 0.2) is 5.82 Å². The van der Waals surface area contributed by atoms with Crippen molar-refractivity contribution in [3.63, 3.8) is 0 Å². The van der Waals surface area contributed by atoms with Crippen LogP contribution < -0.4 is 5.32 Å². The Kier molecular flexibility index (Phi) is 4.90. The van der Waals surface area contributed by atoms with Crippen molar-refractivity contribution >= 4 is 23.0 Å². The van der Waals surface area contributed by atoms with Gasteiger partial charge in [0, 0.05) is 17.4 Å². The first-order valence-corrected chi connectivity index (χ1v) is 9.23. The smallest absolute Gasteiger partial charge is 0.340 e. The summed E-state index contributed by atoms with van der Waals surface area (Å²) in [6, 6.07) is 9.37. The summed E-state index contributed by atoms with van der Waals surface area (Å²) in [7, 11) is 0. The number of anilines is 2. The number of esters is 1. The Morgan fingerprint density at radius 3 is 2.90 bits per heavy atom. The van der Waals surface area contributed by atoms with Crippen LogP contribution in [0.4, 0.5) is 11.5 Å². The third-order valence-corrected chi connectivity index (χ3v) is 4.22. The molecule has 1 N–H and O–H groups in total. The lowest BCUT2D eigenvalue weighted by Crippen LogP contribution is -2.07. The summed E-state index contributed by atoms with van der Waals surface area (Å²) >= 11 is 0. The summed E-state index contributed by atoms with van der Waals surface area (Å²) in [6.45, 7) is 6.03. The molecule has 4 aromatic rings. The van der Waals surface area contributed by atoms with E-state index in [9.17, 15) is 4.79 Å². The molecule has 0 radical (unpaired) electrons. The Bertz CT molecular complexity index is 1160. The van der Waals surface area contributed by atoms with Gasteiger partial charge in [-0.15, -0.1) is 10.2 Å². The second-order valence-electron chi connectivity index (χ2n) is 6.58. The highest BCUT2D eigenvalue weighted by atomic mass is 16.5. The summed E-state index contributed by atoms with van der Waals surface area (Å²) in [4.78, 5) is 18.2. The van der Waals surface area contributed by atoms with E-state index in [1.165, 1.54) is 6.33 Å². The van der Waals surface area contributed by atoms with Gasteiger partial charge in [-0.25, -0.2) is 14.3 Å². The van der Waals surface area contributed by atoms with Gasteiger partial charge in [0.1, 0.15) is 11.8 Å². The van der Waals surface area contributed by atoms with Gasteiger partial charge >= 0.3 is 5.97 Å². The van der Waals surface area contributed by atoms with Gasteiger partial charge in [-0.1, -0.05) is 12.1 Å². The van der Waals surface area contributed by atoms with Gasteiger partial charge in [-0.05, 0) is 44.2 Å². The number of rotatable bonds is 6. The topological polar surface area (TPSA) is 112 Å². The molecule has 0 spiro atoms. The monoisotopic (exact) mass is 392 g/mol. The van der Waals surface area contributed by atoms with E-state index in [0.717, 1.165) is 11.3 Å². The zero-order valence-corrected chi connectivity index (χ0v) is 16.3. The van der Waals surface area contributed by atoms with Crippen LogP contribution in [0.15, 0.2) is 42.9 Å². The van der Waals surface area contributed by atoms with Crippen LogP contribution in [-0.4, -0.2) is 47.4 Å². The summed E-state index contributed by atoms with van der Waals surface area (Å²) in [5, 5.41) is 20.0. The van der Waals surface area contributed by atoms with Crippen molar-refractivity contribution in [2.45, 2.75) is 26.8 Å². The van der Waals surface area contributed by atoms with Crippen LogP contribution in [0.1, 0.15) is 37.2 Å². The molecule has 0 aliphatic heterocycles. The average molecular weight is 392 g/mol. The first kappa shape index (κ1) is 18.5. The zero-order valence-electron chi connectivity index (χ0n) is 16.3. The molecular weight excluding hydrogens is 372 g/mol. The van der Waals surface area contributed by atoms with E-state index < -0.39 is 5.97 Å². The number of fused-ring (bicyclic) bond motifs is 1. The van der Waals surface area contributed by atoms with Crippen LogP contribution in [-0.2, 0) is 4.74 Å².